The molecule has 170 valence electrons. The molecule has 0 fully saturated rings. The van der Waals surface area contributed by atoms with Crippen LogP contribution in [0.1, 0.15) is 11.1 Å². The molecule has 0 saturated carbocycles. The van der Waals surface area contributed by atoms with Gasteiger partial charge in [0.25, 0.3) is 0 Å². The quantitative estimate of drug-likeness (QED) is 0.333. The van der Waals surface area contributed by atoms with E-state index in [1.807, 2.05) is 18.2 Å². The average Bonchev–Trinajstić information content (AvgIpc) is 3.25. The van der Waals surface area contributed by atoms with Crippen LogP contribution in [0.3, 0.4) is 0 Å². The molecule has 1 aromatic heterocycles. The van der Waals surface area contributed by atoms with E-state index in [1.54, 1.807) is 41.5 Å². The second-order valence-corrected chi connectivity index (χ2v) is 7.63. The zero-order valence-corrected chi connectivity index (χ0v) is 18.4. The summed E-state index contributed by atoms with van der Waals surface area (Å²) in [6.07, 6.45) is 5.88. The first-order valence-corrected chi connectivity index (χ1v) is 10.2. The lowest BCUT2D eigenvalue weighted by Gasteiger charge is -2.30. The Morgan fingerprint density at radius 1 is 1.06 bits per heavy atom. The summed E-state index contributed by atoms with van der Waals surface area (Å²) in [5.74, 6) is -3.65. The van der Waals surface area contributed by atoms with Crippen molar-refractivity contribution in [2.75, 3.05) is 13.2 Å². The number of aromatic nitrogens is 2. The summed E-state index contributed by atoms with van der Waals surface area (Å²) in [4.78, 5) is 22.2. The standard InChI is InChI=1S/C20H20Cl2N2O2.C2H2O4/c21-17-6-7-18(19(22)12-17)20(25,13-24-10-9-23-15-24)14-26-11-8-16-4-2-1-3-5-16;3-1(4)2(5)6/h1-7,9-10,12,15,25H,8,11,13-14H2;(H,3,4)(H,5,6). The molecule has 0 aliphatic carbocycles. The van der Waals surface area contributed by atoms with Crippen LogP contribution < -0.4 is 0 Å². The number of imidazole rings is 1. The number of aliphatic carboxylic acids is 2. The van der Waals surface area contributed by atoms with Crippen molar-refractivity contribution in [2.45, 2.75) is 18.6 Å². The number of hydrogen-bond acceptors (Lipinski definition) is 5. The van der Waals surface area contributed by atoms with Crippen LogP contribution in [0.4, 0.5) is 0 Å². The number of hydrogen-bond donors (Lipinski definition) is 3. The van der Waals surface area contributed by atoms with E-state index >= 15 is 0 Å². The molecule has 3 aromatic rings. The largest absolute Gasteiger partial charge is 0.473 e. The zero-order valence-electron chi connectivity index (χ0n) is 16.9. The van der Waals surface area contributed by atoms with Gasteiger partial charge in [-0.2, -0.15) is 0 Å². The number of rotatable bonds is 8. The molecule has 10 heteroatoms. The molecule has 0 aliphatic rings. The van der Waals surface area contributed by atoms with E-state index in [9.17, 15) is 5.11 Å². The average molecular weight is 481 g/mol. The third kappa shape index (κ3) is 7.97. The highest BCUT2D eigenvalue weighted by molar-refractivity contribution is 6.35. The smallest absolute Gasteiger partial charge is 0.414 e. The molecule has 0 bridgehead atoms. The summed E-state index contributed by atoms with van der Waals surface area (Å²) in [6.45, 7) is 0.889. The van der Waals surface area contributed by atoms with Crippen LogP contribution in [-0.2, 0) is 32.9 Å². The van der Waals surface area contributed by atoms with Gasteiger partial charge >= 0.3 is 11.9 Å². The van der Waals surface area contributed by atoms with Crippen LogP contribution in [0, 0.1) is 0 Å². The van der Waals surface area contributed by atoms with Crippen molar-refractivity contribution in [1.29, 1.82) is 0 Å². The van der Waals surface area contributed by atoms with Gasteiger partial charge in [-0.25, -0.2) is 14.6 Å². The van der Waals surface area contributed by atoms with Gasteiger partial charge in [0.15, 0.2) is 0 Å². The first kappa shape index (κ1) is 25.4. The van der Waals surface area contributed by atoms with Crippen molar-refractivity contribution >= 4 is 35.1 Å². The molecule has 0 spiro atoms. The molecule has 32 heavy (non-hydrogen) atoms. The normalized spacial score (nSPS) is 12.3. The maximum absolute atomic E-state index is 11.3. The van der Waals surface area contributed by atoms with E-state index in [4.69, 9.17) is 47.7 Å². The molecule has 8 nitrogen and oxygen atoms in total. The second-order valence-electron chi connectivity index (χ2n) is 6.79. The molecule has 0 amide bonds. The lowest BCUT2D eigenvalue weighted by atomic mass is 9.94. The lowest BCUT2D eigenvalue weighted by Crippen LogP contribution is -2.37. The third-order valence-corrected chi connectivity index (χ3v) is 4.89. The Morgan fingerprint density at radius 3 is 2.31 bits per heavy atom. The van der Waals surface area contributed by atoms with Gasteiger partial charge in [0.1, 0.15) is 5.60 Å². The second kappa shape index (κ2) is 12.2. The van der Waals surface area contributed by atoms with Crippen molar-refractivity contribution in [3.8, 4) is 0 Å². The molecule has 1 unspecified atom stereocenters. The number of carboxylic acids is 2. The Morgan fingerprint density at radius 2 is 1.75 bits per heavy atom. The van der Waals surface area contributed by atoms with Crippen molar-refractivity contribution in [3.63, 3.8) is 0 Å². The maximum Gasteiger partial charge on any atom is 0.414 e. The van der Waals surface area contributed by atoms with Crippen LogP contribution in [0.2, 0.25) is 10.0 Å². The van der Waals surface area contributed by atoms with Gasteiger partial charge in [0, 0.05) is 28.0 Å². The van der Waals surface area contributed by atoms with E-state index < -0.39 is 17.5 Å². The van der Waals surface area contributed by atoms with Gasteiger partial charge < -0.3 is 24.6 Å². The lowest BCUT2D eigenvalue weighted by molar-refractivity contribution is -0.159. The molecular weight excluding hydrogens is 459 g/mol. The summed E-state index contributed by atoms with van der Waals surface area (Å²) < 4.78 is 7.61. The highest BCUT2D eigenvalue weighted by atomic mass is 35.5. The third-order valence-electron chi connectivity index (χ3n) is 4.34. The minimum atomic E-state index is -1.82. The predicted molar refractivity (Wildman–Crippen MR) is 119 cm³/mol. The number of carboxylic acid groups (broad SMARTS) is 2. The molecule has 0 saturated heterocycles. The SMILES string of the molecule is O=C(O)C(=O)O.OC(COCCc1ccccc1)(Cn1ccnc1)c1ccc(Cl)cc1Cl. The van der Waals surface area contributed by atoms with E-state index in [1.165, 1.54) is 5.56 Å². The summed E-state index contributed by atoms with van der Waals surface area (Å²) in [7, 11) is 0. The molecule has 2 aromatic carbocycles. The van der Waals surface area contributed by atoms with Crippen LogP contribution in [0.15, 0.2) is 67.3 Å². The van der Waals surface area contributed by atoms with Crippen LogP contribution in [0.25, 0.3) is 0 Å². The van der Waals surface area contributed by atoms with Gasteiger partial charge in [-0.3, -0.25) is 0 Å². The number of carbonyl (C=O) groups is 2. The van der Waals surface area contributed by atoms with Gasteiger partial charge in [-0.05, 0) is 24.1 Å². The van der Waals surface area contributed by atoms with Crippen molar-refractivity contribution < 1.29 is 29.6 Å². The number of benzene rings is 2. The van der Waals surface area contributed by atoms with Gasteiger partial charge in [-0.15, -0.1) is 0 Å². The Hall–Kier alpha value is -2.91. The number of halogens is 2. The first-order chi connectivity index (χ1) is 15.2. The fourth-order valence-corrected chi connectivity index (χ4v) is 3.42. The molecule has 3 N–H and O–H groups in total. The van der Waals surface area contributed by atoms with Crippen molar-refractivity contribution in [2.24, 2.45) is 0 Å². The van der Waals surface area contributed by atoms with Gasteiger partial charge in [0.05, 0.1) is 26.1 Å². The van der Waals surface area contributed by atoms with Crippen LogP contribution in [-0.4, -0.2) is 50.0 Å². The Labute approximate surface area is 194 Å². The van der Waals surface area contributed by atoms with E-state index in [0.29, 0.717) is 22.2 Å². The summed E-state index contributed by atoms with van der Waals surface area (Å²) in [5.41, 5.74) is 0.478. The summed E-state index contributed by atoms with van der Waals surface area (Å²) in [6, 6.07) is 15.2. The fraction of sp³-hybridized carbons (Fsp3) is 0.227. The van der Waals surface area contributed by atoms with Gasteiger partial charge in [0.2, 0.25) is 0 Å². The number of aliphatic hydroxyl groups is 1. The highest BCUT2D eigenvalue weighted by Crippen LogP contribution is 2.32. The van der Waals surface area contributed by atoms with Crippen molar-refractivity contribution in [1.82, 2.24) is 9.55 Å². The Kier molecular flexibility index (Phi) is 9.67. The van der Waals surface area contributed by atoms with Crippen molar-refractivity contribution in [3.05, 3.63) is 88.4 Å². The number of ether oxygens (including phenoxy) is 1. The van der Waals surface area contributed by atoms with E-state index in [2.05, 4.69) is 17.1 Å². The predicted octanol–water partition coefficient (Wildman–Crippen LogP) is 3.49. The molecule has 1 heterocycles. The van der Waals surface area contributed by atoms with E-state index in [-0.39, 0.29) is 13.2 Å². The first-order valence-electron chi connectivity index (χ1n) is 9.43. The minimum Gasteiger partial charge on any atom is -0.473 e. The zero-order chi connectivity index (χ0) is 23.6. The highest BCUT2D eigenvalue weighted by Gasteiger charge is 2.32. The molecule has 0 aliphatic heterocycles. The molecule has 3 rings (SSSR count). The monoisotopic (exact) mass is 480 g/mol. The Balaban J connectivity index is 0.000000534. The van der Waals surface area contributed by atoms with E-state index in [0.717, 1.165) is 6.42 Å². The Bertz CT molecular complexity index is 1000. The summed E-state index contributed by atoms with van der Waals surface area (Å²) >= 11 is 12.3. The molecule has 0 radical (unpaired) electrons. The topological polar surface area (TPSA) is 122 Å². The number of nitrogens with zero attached hydrogens (tertiary/aromatic N) is 2. The maximum atomic E-state index is 11.3. The molecule has 1 atom stereocenters. The minimum absolute atomic E-state index is 0.110. The van der Waals surface area contributed by atoms with Crippen LogP contribution >= 0.6 is 23.2 Å². The van der Waals surface area contributed by atoms with Gasteiger partial charge in [-0.1, -0.05) is 59.6 Å². The van der Waals surface area contributed by atoms with Crippen LogP contribution in [0.5, 0.6) is 0 Å². The summed E-state index contributed by atoms with van der Waals surface area (Å²) in [5, 5.41) is 27.0. The molecular formula is C22H22Cl2N2O6. The fourth-order valence-electron chi connectivity index (χ4n) is 2.83.